The van der Waals surface area contributed by atoms with Crippen LogP contribution in [0.3, 0.4) is 0 Å². The van der Waals surface area contributed by atoms with Crippen molar-refractivity contribution in [1.29, 1.82) is 0 Å². The molecule has 25 heavy (non-hydrogen) atoms. The Labute approximate surface area is 160 Å². The predicted molar refractivity (Wildman–Crippen MR) is 107 cm³/mol. The van der Waals surface area contributed by atoms with Crippen molar-refractivity contribution in [2.75, 3.05) is 11.1 Å². The van der Waals surface area contributed by atoms with E-state index < -0.39 is 0 Å². The molecular formula is C18H13BrN2O2S2. The van der Waals surface area contributed by atoms with Crippen molar-refractivity contribution < 1.29 is 9.90 Å². The maximum atomic E-state index is 12.7. The summed E-state index contributed by atoms with van der Waals surface area (Å²) in [6.07, 6.45) is 1.72. The lowest BCUT2D eigenvalue weighted by atomic mass is 9.89. The van der Waals surface area contributed by atoms with Crippen LogP contribution in [0, 0.1) is 0 Å². The van der Waals surface area contributed by atoms with E-state index in [4.69, 9.17) is 5.73 Å². The third-order valence-electron chi connectivity index (χ3n) is 4.04. The largest absolute Gasteiger partial charge is 0.495 e. The summed E-state index contributed by atoms with van der Waals surface area (Å²) in [6, 6.07) is 11.5. The highest BCUT2D eigenvalue weighted by atomic mass is 79.9. The standard InChI is InChI=1S/C18H13BrN2O2S2/c19-10-5-3-9(4-6-10)11-8-13(22)21-18-14(11)15(20)17(25-18)16(23)12-2-1-7-24-12/h1-8,11,21-22H,20H2/t11-/m0/s1. The summed E-state index contributed by atoms with van der Waals surface area (Å²) in [5.41, 5.74) is 8.68. The molecule has 0 saturated carbocycles. The summed E-state index contributed by atoms with van der Waals surface area (Å²) in [7, 11) is 0. The smallest absolute Gasteiger partial charge is 0.215 e. The molecular weight excluding hydrogens is 420 g/mol. The van der Waals surface area contributed by atoms with Gasteiger partial charge >= 0.3 is 0 Å². The minimum atomic E-state index is -0.203. The number of carbonyl (C=O) groups is 1. The second kappa shape index (κ2) is 6.33. The Morgan fingerprint density at radius 3 is 2.68 bits per heavy atom. The summed E-state index contributed by atoms with van der Waals surface area (Å²) >= 11 is 6.11. The van der Waals surface area contributed by atoms with Gasteiger partial charge in [-0.15, -0.1) is 22.7 Å². The van der Waals surface area contributed by atoms with Crippen molar-refractivity contribution in [1.82, 2.24) is 0 Å². The number of thiophene rings is 2. The first-order valence-electron chi connectivity index (χ1n) is 7.48. The quantitative estimate of drug-likeness (QED) is 0.488. The number of allylic oxidation sites excluding steroid dienone is 1. The van der Waals surface area contributed by atoms with Gasteiger partial charge in [0.2, 0.25) is 5.78 Å². The second-order valence-corrected chi connectivity index (χ2v) is 8.48. The number of hydrogen-bond acceptors (Lipinski definition) is 6. The summed E-state index contributed by atoms with van der Waals surface area (Å²) in [5.74, 6) is -0.218. The van der Waals surface area contributed by atoms with Gasteiger partial charge in [-0.1, -0.05) is 34.1 Å². The van der Waals surface area contributed by atoms with E-state index >= 15 is 0 Å². The molecule has 4 rings (SSSR count). The average Bonchev–Trinajstić information content (AvgIpc) is 3.23. The highest BCUT2D eigenvalue weighted by molar-refractivity contribution is 9.10. The van der Waals surface area contributed by atoms with Gasteiger partial charge < -0.3 is 16.2 Å². The number of fused-ring (bicyclic) bond motifs is 1. The van der Waals surface area contributed by atoms with Crippen molar-refractivity contribution in [3.8, 4) is 0 Å². The highest BCUT2D eigenvalue weighted by Crippen LogP contribution is 2.47. The van der Waals surface area contributed by atoms with E-state index in [0.29, 0.717) is 20.4 Å². The molecule has 0 aliphatic carbocycles. The van der Waals surface area contributed by atoms with Gasteiger partial charge in [0, 0.05) is 16.0 Å². The molecule has 1 atom stereocenters. The topological polar surface area (TPSA) is 75.4 Å². The Morgan fingerprint density at radius 2 is 2.00 bits per heavy atom. The molecule has 4 nitrogen and oxygen atoms in total. The van der Waals surface area contributed by atoms with E-state index in [0.717, 1.165) is 15.6 Å². The number of aliphatic hydroxyl groups excluding tert-OH is 1. The van der Waals surface area contributed by atoms with E-state index in [-0.39, 0.29) is 17.6 Å². The maximum absolute atomic E-state index is 12.7. The molecule has 4 N–H and O–H groups in total. The molecule has 1 aliphatic heterocycles. The van der Waals surface area contributed by atoms with Crippen LogP contribution in [-0.2, 0) is 0 Å². The minimum absolute atomic E-state index is 0.0665. The number of benzene rings is 1. The first kappa shape index (κ1) is 16.4. The van der Waals surface area contributed by atoms with Crippen molar-refractivity contribution in [2.24, 2.45) is 0 Å². The molecule has 0 saturated heterocycles. The normalized spacial score (nSPS) is 16.0. The Morgan fingerprint density at radius 1 is 1.24 bits per heavy atom. The molecule has 0 spiro atoms. The van der Waals surface area contributed by atoms with Gasteiger partial charge in [0.1, 0.15) is 9.88 Å². The predicted octanol–water partition coefficient (Wildman–Crippen LogP) is 5.34. The van der Waals surface area contributed by atoms with Gasteiger partial charge in [-0.3, -0.25) is 4.79 Å². The fraction of sp³-hybridized carbons (Fsp3) is 0.0556. The molecule has 7 heteroatoms. The van der Waals surface area contributed by atoms with Crippen LogP contribution in [0.15, 0.2) is 58.2 Å². The average molecular weight is 433 g/mol. The van der Waals surface area contributed by atoms with E-state index in [2.05, 4.69) is 21.2 Å². The monoisotopic (exact) mass is 432 g/mol. The number of nitrogen functional groups attached to an aromatic ring is 1. The number of rotatable bonds is 3. The molecule has 0 amide bonds. The molecule has 1 aromatic carbocycles. The summed E-state index contributed by atoms with van der Waals surface area (Å²) in [5, 5.41) is 15.6. The fourth-order valence-corrected chi connectivity index (χ4v) is 5.01. The lowest BCUT2D eigenvalue weighted by Crippen LogP contribution is -2.12. The number of nitrogens with two attached hydrogens (primary N) is 1. The van der Waals surface area contributed by atoms with Crippen LogP contribution in [-0.4, -0.2) is 10.9 Å². The van der Waals surface area contributed by atoms with Crippen molar-refractivity contribution in [3.63, 3.8) is 0 Å². The van der Waals surface area contributed by atoms with Crippen LogP contribution in [0.5, 0.6) is 0 Å². The number of aliphatic hydroxyl groups is 1. The van der Waals surface area contributed by atoms with Crippen LogP contribution in [0.1, 0.15) is 31.6 Å². The van der Waals surface area contributed by atoms with Crippen LogP contribution in [0.2, 0.25) is 0 Å². The lowest BCUT2D eigenvalue weighted by molar-refractivity contribution is 0.104. The molecule has 0 radical (unpaired) electrons. The zero-order valence-electron chi connectivity index (χ0n) is 12.8. The fourth-order valence-electron chi connectivity index (χ4n) is 2.88. The SMILES string of the molecule is Nc1c(C(=O)c2cccs2)sc2c1[C@H](c1ccc(Br)cc1)C=C(O)N2. The van der Waals surface area contributed by atoms with Gasteiger partial charge in [0.15, 0.2) is 5.88 Å². The molecule has 0 bridgehead atoms. The number of carbonyl (C=O) groups excluding carboxylic acids is 1. The lowest BCUT2D eigenvalue weighted by Gasteiger charge is -2.21. The van der Waals surface area contributed by atoms with E-state index in [9.17, 15) is 9.90 Å². The molecule has 0 fully saturated rings. The Bertz CT molecular complexity index is 975. The van der Waals surface area contributed by atoms with Crippen LogP contribution >= 0.6 is 38.6 Å². The Kier molecular flexibility index (Phi) is 4.15. The van der Waals surface area contributed by atoms with Gasteiger partial charge in [-0.05, 0) is 35.2 Å². The zero-order chi connectivity index (χ0) is 17.6. The van der Waals surface area contributed by atoms with E-state index in [1.165, 1.54) is 22.7 Å². The van der Waals surface area contributed by atoms with Crippen LogP contribution < -0.4 is 11.1 Å². The summed E-state index contributed by atoms with van der Waals surface area (Å²) in [6.45, 7) is 0. The van der Waals surface area contributed by atoms with Gasteiger partial charge in [-0.25, -0.2) is 0 Å². The third-order valence-corrected chi connectivity index (χ3v) is 6.57. The molecule has 126 valence electrons. The van der Waals surface area contributed by atoms with Gasteiger partial charge in [0.05, 0.1) is 10.6 Å². The van der Waals surface area contributed by atoms with E-state index in [1.54, 1.807) is 12.1 Å². The third kappa shape index (κ3) is 2.88. The van der Waals surface area contributed by atoms with Gasteiger partial charge in [-0.2, -0.15) is 0 Å². The Balaban J connectivity index is 1.82. The highest BCUT2D eigenvalue weighted by Gasteiger charge is 2.30. The second-order valence-electron chi connectivity index (χ2n) is 5.60. The van der Waals surface area contributed by atoms with Crippen LogP contribution in [0.25, 0.3) is 0 Å². The van der Waals surface area contributed by atoms with Crippen molar-refractivity contribution in [3.05, 3.63) is 79.1 Å². The molecule has 2 aromatic heterocycles. The number of anilines is 2. The minimum Gasteiger partial charge on any atom is -0.495 e. The molecule has 3 heterocycles. The van der Waals surface area contributed by atoms with Crippen molar-refractivity contribution >= 4 is 55.1 Å². The number of halogens is 1. The number of ketones is 1. The number of hydrogen-bond donors (Lipinski definition) is 3. The molecule has 0 unspecified atom stereocenters. The van der Waals surface area contributed by atoms with Gasteiger partial charge in [0.25, 0.3) is 0 Å². The van der Waals surface area contributed by atoms with Crippen molar-refractivity contribution in [2.45, 2.75) is 5.92 Å². The number of nitrogens with one attached hydrogen (secondary N) is 1. The summed E-state index contributed by atoms with van der Waals surface area (Å²) in [4.78, 5) is 13.9. The van der Waals surface area contributed by atoms with E-state index in [1.807, 2.05) is 35.7 Å². The zero-order valence-corrected chi connectivity index (χ0v) is 16.0. The maximum Gasteiger partial charge on any atom is 0.215 e. The molecule has 3 aromatic rings. The first-order chi connectivity index (χ1) is 12.0. The first-order valence-corrected chi connectivity index (χ1v) is 9.97. The molecule has 1 aliphatic rings. The summed E-state index contributed by atoms with van der Waals surface area (Å²) < 4.78 is 0.977. The Hall–Kier alpha value is -2.09. The van der Waals surface area contributed by atoms with Crippen LogP contribution in [0.4, 0.5) is 10.7 Å².